The average Bonchev–Trinajstić information content (AvgIpc) is 2.50. The maximum absolute atomic E-state index is 11.0. The minimum atomic E-state index is -0.919. The molecular weight excluding hydrogens is 198 g/mol. The summed E-state index contributed by atoms with van der Waals surface area (Å²) in [4.78, 5) is 13.0. The van der Waals surface area contributed by atoms with Crippen molar-refractivity contribution in [2.45, 2.75) is 26.8 Å². The van der Waals surface area contributed by atoms with Crippen molar-refractivity contribution in [3.05, 3.63) is 21.9 Å². The Morgan fingerprint density at radius 1 is 1.57 bits per heavy atom. The quantitative estimate of drug-likeness (QED) is 0.808. The fourth-order valence-corrected chi connectivity index (χ4v) is 2.17. The van der Waals surface area contributed by atoms with Gasteiger partial charge in [0.15, 0.2) is 0 Å². The van der Waals surface area contributed by atoms with Gasteiger partial charge in [0, 0.05) is 9.75 Å². The summed E-state index contributed by atoms with van der Waals surface area (Å²) in [5.41, 5.74) is 5.00. The second kappa shape index (κ2) is 3.71. The number of rotatable bonds is 3. The molecule has 0 saturated carbocycles. The van der Waals surface area contributed by atoms with E-state index in [2.05, 4.69) is 0 Å². The molecule has 3 nitrogen and oxygen atoms in total. The number of carbonyl (C=O) groups is 1. The number of nitrogens with two attached hydrogens (primary N) is 1. The highest BCUT2D eigenvalue weighted by molar-refractivity contribution is 7.12. The number of hydrogen-bond acceptors (Lipinski definition) is 3. The molecule has 0 aliphatic heterocycles. The Morgan fingerprint density at radius 3 is 2.50 bits per heavy atom. The smallest absolute Gasteiger partial charge is 0.311 e. The van der Waals surface area contributed by atoms with E-state index in [1.54, 1.807) is 25.2 Å². The normalized spacial score (nSPS) is 14.0. The van der Waals surface area contributed by atoms with E-state index in [4.69, 9.17) is 10.8 Å². The largest absolute Gasteiger partial charge is 0.481 e. The highest BCUT2D eigenvalue weighted by Crippen LogP contribution is 2.34. The lowest BCUT2D eigenvalue weighted by Crippen LogP contribution is -2.35. The number of aliphatic carboxylic acids is 1. The molecule has 0 bridgehead atoms. The van der Waals surface area contributed by atoms with E-state index in [-0.39, 0.29) is 0 Å². The van der Waals surface area contributed by atoms with Crippen LogP contribution in [0.3, 0.4) is 0 Å². The van der Waals surface area contributed by atoms with Crippen LogP contribution in [-0.4, -0.2) is 11.1 Å². The van der Waals surface area contributed by atoms with Crippen molar-refractivity contribution in [2.24, 2.45) is 11.1 Å². The van der Waals surface area contributed by atoms with Crippen LogP contribution >= 0.6 is 11.3 Å². The monoisotopic (exact) mass is 213 g/mol. The second-order valence-electron chi connectivity index (χ2n) is 3.95. The van der Waals surface area contributed by atoms with Crippen LogP contribution in [-0.2, 0) is 4.79 Å². The minimum absolute atomic E-state index is 0.446. The van der Waals surface area contributed by atoms with Crippen molar-refractivity contribution in [3.8, 4) is 0 Å². The van der Waals surface area contributed by atoms with Crippen LogP contribution < -0.4 is 5.73 Å². The molecule has 0 spiro atoms. The molecule has 14 heavy (non-hydrogen) atoms. The maximum atomic E-state index is 11.0. The van der Waals surface area contributed by atoms with Crippen LogP contribution in [0.4, 0.5) is 0 Å². The van der Waals surface area contributed by atoms with Gasteiger partial charge in [0.05, 0.1) is 11.5 Å². The lowest BCUT2D eigenvalue weighted by atomic mass is 9.84. The summed E-state index contributed by atoms with van der Waals surface area (Å²) in [5, 5.41) is 9.00. The van der Waals surface area contributed by atoms with Crippen LogP contribution in [0.25, 0.3) is 0 Å². The van der Waals surface area contributed by atoms with E-state index in [0.717, 1.165) is 9.75 Å². The zero-order valence-corrected chi connectivity index (χ0v) is 9.39. The first-order valence-corrected chi connectivity index (χ1v) is 5.22. The zero-order chi connectivity index (χ0) is 10.9. The number of carboxylic acid groups (broad SMARTS) is 1. The molecule has 0 unspecified atom stereocenters. The predicted octanol–water partition coefficient (Wildman–Crippen LogP) is 2.17. The minimum Gasteiger partial charge on any atom is -0.481 e. The lowest BCUT2D eigenvalue weighted by Gasteiger charge is -2.25. The molecule has 0 aliphatic rings. The van der Waals surface area contributed by atoms with Gasteiger partial charge in [-0.2, -0.15) is 0 Å². The first-order chi connectivity index (χ1) is 6.35. The highest BCUT2D eigenvalue weighted by atomic mass is 32.1. The van der Waals surface area contributed by atoms with Crippen molar-refractivity contribution >= 4 is 17.3 Å². The van der Waals surface area contributed by atoms with Crippen molar-refractivity contribution in [3.63, 3.8) is 0 Å². The third kappa shape index (κ3) is 1.96. The van der Waals surface area contributed by atoms with Gasteiger partial charge >= 0.3 is 5.97 Å². The SMILES string of the molecule is Cc1ccc([C@@H](N)C(C)(C)C(=O)O)s1. The van der Waals surface area contributed by atoms with Crippen LogP contribution in [0.2, 0.25) is 0 Å². The van der Waals surface area contributed by atoms with Crippen LogP contribution in [0, 0.1) is 12.3 Å². The molecule has 0 amide bonds. The van der Waals surface area contributed by atoms with E-state index < -0.39 is 17.4 Å². The van der Waals surface area contributed by atoms with E-state index >= 15 is 0 Å². The second-order valence-corrected chi connectivity index (χ2v) is 5.27. The standard InChI is InChI=1S/C10H15NO2S/c1-6-4-5-7(14-6)8(11)10(2,3)9(12)13/h4-5,8H,11H2,1-3H3,(H,12,13)/t8-/m1/s1. The maximum Gasteiger partial charge on any atom is 0.311 e. The molecule has 0 aromatic carbocycles. The highest BCUT2D eigenvalue weighted by Gasteiger charge is 2.36. The summed E-state index contributed by atoms with van der Waals surface area (Å²) in [5.74, 6) is -0.865. The Hall–Kier alpha value is -0.870. The average molecular weight is 213 g/mol. The van der Waals surface area contributed by atoms with Gasteiger partial charge in [0.2, 0.25) is 0 Å². The molecular formula is C10H15NO2S. The summed E-state index contributed by atoms with van der Waals surface area (Å²) >= 11 is 1.55. The lowest BCUT2D eigenvalue weighted by molar-refractivity contribution is -0.148. The molecule has 0 saturated heterocycles. The van der Waals surface area contributed by atoms with Gasteiger partial charge in [-0.1, -0.05) is 0 Å². The van der Waals surface area contributed by atoms with Gasteiger partial charge in [-0.15, -0.1) is 11.3 Å². The summed E-state index contributed by atoms with van der Waals surface area (Å²) in [6, 6.07) is 3.41. The first-order valence-electron chi connectivity index (χ1n) is 4.41. The number of thiophene rings is 1. The van der Waals surface area contributed by atoms with E-state index in [9.17, 15) is 4.79 Å². The molecule has 3 N–H and O–H groups in total. The van der Waals surface area contributed by atoms with E-state index in [0.29, 0.717) is 0 Å². The molecule has 1 rings (SSSR count). The van der Waals surface area contributed by atoms with Gasteiger partial charge in [-0.25, -0.2) is 0 Å². The van der Waals surface area contributed by atoms with Gasteiger partial charge in [-0.3, -0.25) is 4.79 Å². The van der Waals surface area contributed by atoms with Crippen LogP contribution in [0.15, 0.2) is 12.1 Å². The molecule has 0 aliphatic carbocycles. The topological polar surface area (TPSA) is 63.3 Å². The summed E-state index contributed by atoms with van der Waals surface area (Å²) in [6.07, 6.45) is 0. The van der Waals surface area contributed by atoms with Crippen LogP contribution in [0.1, 0.15) is 29.6 Å². The fraction of sp³-hybridized carbons (Fsp3) is 0.500. The Kier molecular flexibility index (Phi) is 2.97. The Morgan fingerprint density at radius 2 is 2.14 bits per heavy atom. The summed E-state index contributed by atoms with van der Waals surface area (Å²) in [7, 11) is 0. The van der Waals surface area contributed by atoms with Gasteiger partial charge in [-0.05, 0) is 32.9 Å². The van der Waals surface area contributed by atoms with Gasteiger partial charge in [0.1, 0.15) is 0 Å². The van der Waals surface area contributed by atoms with Gasteiger partial charge in [0.25, 0.3) is 0 Å². The first kappa shape index (κ1) is 11.2. The molecule has 78 valence electrons. The fourth-order valence-electron chi connectivity index (χ4n) is 1.11. The summed E-state index contributed by atoms with van der Waals surface area (Å²) in [6.45, 7) is 5.28. The third-order valence-electron chi connectivity index (χ3n) is 2.40. The van der Waals surface area contributed by atoms with Crippen molar-refractivity contribution in [1.29, 1.82) is 0 Å². The number of hydrogen-bond donors (Lipinski definition) is 2. The van der Waals surface area contributed by atoms with Crippen molar-refractivity contribution in [2.75, 3.05) is 0 Å². The van der Waals surface area contributed by atoms with Crippen molar-refractivity contribution in [1.82, 2.24) is 0 Å². The van der Waals surface area contributed by atoms with E-state index in [1.807, 2.05) is 19.1 Å². The molecule has 1 heterocycles. The Labute approximate surface area is 87.6 Å². The molecule has 4 heteroatoms. The van der Waals surface area contributed by atoms with Crippen molar-refractivity contribution < 1.29 is 9.90 Å². The molecule has 0 fully saturated rings. The van der Waals surface area contributed by atoms with Gasteiger partial charge < -0.3 is 10.8 Å². The summed E-state index contributed by atoms with van der Waals surface area (Å²) < 4.78 is 0. The molecule has 1 aromatic rings. The number of carboxylic acids is 1. The Bertz CT molecular complexity index is 344. The Balaban J connectivity index is 2.95. The predicted molar refractivity (Wildman–Crippen MR) is 57.4 cm³/mol. The zero-order valence-electron chi connectivity index (χ0n) is 8.57. The molecule has 1 atom stereocenters. The molecule has 1 aromatic heterocycles. The third-order valence-corrected chi connectivity index (χ3v) is 3.48. The molecule has 0 radical (unpaired) electrons. The van der Waals surface area contributed by atoms with E-state index in [1.165, 1.54) is 0 Å². The number of aryl methyl sites for hydroxylation is 1. The van der Waals surface area contributed by atoms with Crippen LogP contribution in [0.5, 0.6) is 0 Å².